The van der Waals surface area contributed by atoms with Gasteiger partial charge < -0.3 is 5.32 Å². The minimum atomic E-state index is 0.873. The van der Waals surface area contributed by atoms with Gasteiger partial charge in [0, 0.05) is 11.4 Å². The molecule has 0 saturated carbocycles. The van der Waals surface area contributed by atoms with Crippen LogP contribution in [0.3, 0.4) is 0 Å². The average molecular weight is 189 g/mol. The van der Waals surface area contributed by atoms with Crippen molar-refractivity contribution in [1.82, 2.24) is 5.32 Å². The molecule has 0 unspecified atom stereocenters. The van der Waals surface area contributed by atoms with Gasteiger partial charge in [0.15, 0.2) is 0 Å². The van der Waals surface area contributed by atoms with Gasteiger partial charge in [0.2, 0.25) is 0 Å². The van der Waals surface area contributed by atoms with E-state index in [0.29, 0.717) is 0 Å². The second kappa shape index (κ2) is 8.11. The maximum atomic E-state index is 3.88. The van der Waals surface area contributed by atoms with E-state index in [-0.39, 0.29) is 0 Å². The van der Waals surface area contributed by atoms with Crippen molar-refractivity contribution in [3.8, 4) is 0 Å². The summed E-state index contributed by atoms with van der Waals surface area (Å²) in [7, 11) is 0. The molecule has 0 radical (unpaired) electrons. The summed E-state index contributed by atoms with van der Waals surface area (Å²) in [5.41, 5.74) is 1.97. The third kappa shape index (κ3) is 7.17. The van der Waals surface area contributed by atoms with Crippen LogP contribution in [0.25, 0.3) is 0 Å². The van der Waals surface area contributed by atoms with E-state index in [4.69, 9.17) is 0 Å². The minimum absolute atomic E-state index is 0.873. The van der Waals surface area contributed by atoms with E-state index in [1.807, 2.05) is 50.3 Å². The third-order valence-corrected chi connectivity index (χ3v) is 1.52. The van der Waals surface area contributed by atoms with Crippen LogP contribution in [0.4, 0.5) is 0 Å². The van der Waals surface area contributed by atoms with Gasteiger partial charge in [-0.1, -0.05) is 30.9 Å². The molecule has 1 nitrogen and oxygen atoms in total. The first kappa shape index (κ1) is 12.5. The summed E-state index contributed by atoms with van der Waals surface area (Å²) in [4.78, 5) is 0. The van der Waals surface area contributed by atoms with Crippen LogP contribution in [0.15, 0.2) is 61.0 Å². The highest BCUT2D eigenvalue weighted by molar-refractivity contribution is 5.20. The Hall–Kier alpha value is -1.50. The standard InChI is InChI=1S/C13H19N/c1-5-7-9-11-13(4)14-12(3)10-8-6-2/h5-6,8-11,14H,1,4,7H2,2-3H3/b8-6-,11-9-,12-10+. The van der Waals surface area contributed by atoms with Crippen LogP contribution in [-0.2, 0) is 0 Å². The third-order valence-electron chi connectivity index (χ3n) is 1.52. The molecule has 0 aromatic carbocycles. The Balaban J connectivity index is 3.99. The molecule has 0 heterocycles. The van der Waals surface area contributed by atoms with Crippen molar-refractivity contribution in [2.45, 2.75) is 20.3 Å². The SMILES string of the molecule is C=CC/C=C\C(=C)N/C(C)=C/C=C\C. The van der Waals surface area contributed by atoms with Gasteiger partial charge in [0.25, 0.3) is 0 Å². The molecule has 0 atom stereocenters. The molecule has 0 bridgehead atoms. The summed E-state index contributed by atoms with van der Waals surface area (Å²) in [6.07, 6.45) is 12.7. The molecule has 1 heteroatoms. The fraction of sp³-hybridized carbons (Fsp3) is 0.231. The van der Waals surface area contributed by atoms with Crippen LogP contribution in [-0.4, -0.2) is 0 Å². The fourth-order valence-electron chi connectivity index (χ4n) is 0.884. The number of allylic oxidation sites excluding steroid dienone is 7. The Morgan fingerprint density at radius 2 is 2.14 bits per heavy atom. The van der Waals surface area contributed by atoms with E-state index in [1.165, 1.54) is 0 Å². The predicted molar refractivity (Wildman–Crippen MR) is 64.8 cm³/mol. The van der Waals surface area contributed by atoms with E-state index in [1.54, 1.807) is 0 Å². The molecule has 0 fully saturated rings. The van der Waals surface area contributed by atoms with Crippen molar-refractivity contribution < 1.29 is 0 Å². The summed E-state index contributed by atoms with van der Waals surface area (Å²) in [6, 6.07) is 0. The van der Waals surface area contributed by atoms with E-state index >= 15 is 0 Å². The molecule has 14 heavy (non-hydrogen) atoms. The monoisotopic (exact) mass is 189 g/mol. The van der Waals surface area contributed by atoms with Gasteiger partial charge in [-0.05, 0) is 32.4 Å². The molecule has 76 valence electrons. The highest BCUT2D eigenvalue weighted by atomic mass is 14.9. The van der Waals surface area contributed by atoms with Crippen LogP contribution in [0, 0.1) is 0 Å². The zero-order valence-electron chi connectivity index (χ0n) is 9.09. The molecular formula is C13H19N. The van der Waals surface area contributed by atoms with Crippen LogP contribution in [0.5, 0.6) is 0 Å². The van der Waals surface area contributed by atoms with Crippen LogP contribution >= 0.6 is 0 Å². The lowest BCUT2D eigenvalue weighted by Crippen LogP contribution is -2.06. The summed E-state index contributed by atoms with van der Waals surface area (Å²) >= 11 is 0. The normalized spacial score (nSPS) is 12.3. The second-order valence-corrected chi connectivity index (χ2v) is 2.95. The van der Waals surface area contributed by atoms with Gasteiger partial charge >= 0.3 is 0 Å². The van der Waals surface area contributed by atoms with E-state index < -0.39 is 0 Å². The molecule has 0 aromatic heterocycles. The molecule has 0 rings (SSSR count). The van der Waals surface area contributed by atoms with E-state index in [0.717, 1.165) is 17.8 Å². The molecule has 0 aliphatic carbocycles. The van der Waals surface area contributed by atoms with Gasteiger partial charge in [0.05, 0.1) is 0 Å². The largest absolute Gasteiger partial charge is 0.360 e. The molecular weight excluding hydrogens is 170 g/mol. The fourth-order valence-corrected chi connectivity index (χ4v) is 0.884. The van der Waals surface area contributed by atoms with Crippen molar-refractivity contribution in [3.63, 3.8) is 0 Å². The number of rotatable bonds is 6. The lowest BCUT2D eigenvalue weighted by Gasteiger charge is -2.04. The van der Waals surface area contributed by atoms with Gasteiger partial charge in [-0.15, -0.1) is 6.58 Å². The molecule has 0 spiro atoms. The Morgan fingerprint density at radius 3 is 2.71 bits per heavy atom. The van der Waals surface area contributed by atoms with Crippen LogP contribution in [0.2, 0.25) is 0 Å². The number of hydrogen-bond donors (Lipinski definition) is 1. The maximum Gasteiger partial charge on any atom is 0.0305 e. The molecule has 1 N–H and O–H groups in total. The first-order chi connectivity index (χ1) is 6.70. The molecule has 0 aliphatic heterocycles. The maximum absolute atomic E-state index is 3.88. The van der Waals surface area contributed by atoms with Crippen LogP contribution < -0.4 is 5.32 Å². The topological polar surface area (TPSA) is 12.0 Å². The molecule has 0 aliphatic rings. The Labute approximate surface area is 87.2 Å². The smallest absolute Gasteiger partial charge is 0.0305 e. The van der Waals surface area contributed by atoms with Gasteiger partial charge in [-0.2, -0.15) is 0 Å². The van der Waals surface area contributed by atoms with Crippen molar-refractivity contribution in [3.05, 3.63) is 61.0 Å². The number of nitrogens with one attached hydrogen (secondary N) is 1. The molecule has 0 aromatic rings. The Bertz CT molecular complexity index is 267. The highest BCUT2D eigenvalue weighted by Crippen LogP contribution is 1.96. The van der Waals surface area contributed by atoms with Crippen molar-refractivity contribution in [1.29, 1.82) is 0 Å². The highest BCUT2D eigenvalue weighted by Gasteiger charge is 1.86. The lowest BCUT2D eigenvalue weighted by atomic mass is 10.3. The summed E-state index contributed by atoms with van der Waals surface area (Å²) in [5, 5.41) is 3.17. The second-order valence-electron chi connectivity index (χ2n) is 2.95. The van der Waals surface area contributed by atoms with Gasteiger partial charge in [0.1, 0.15) is 0 Å². The average Bonchev–Trinajstić information content (AvgIpc) is 2.15. The van der Waals surface area contributed by atoms with Crippen molar-refractivity contribution in [2.24, 2.45) is 0 Å². The summed E-state index contributed by atoms with van der Waals surface area (Å²) in [5.74, 6) is 0. The van der Waals surface area contributed by atoms with E-state index in [2.05, 4.69) is 18.5 Å². The van der Waals surface area contributed by atoms with Gasteiger partial charge in [-0.25, -0.2) is 0 Å². The zero-order valence-corrected chi connectivity index (χ0v) is 9.09. The van der Waals surface area contributed by atoms with Gasteiger partial charge in [-0.3, -0.25) is 0 Å². The zero-order chi connectivity index (χ0) is 10.8. The first-order valence-electron chi connectivity index (χ1n) is 4.73. The van der Waals surface area contributed by atoms with Crippen molar-refractivity contribution in [2.75, 3.05) is 0 Å². The Morgan fingerprint density at radius 1 is 1.43 bits per heavy atom. The minimum Gasteiger partial charge on any atom is -0.360 e. The predicted octanol–water partition coefficient (Wildman–Crippen LogP) is 3.70. The molecule has 0 saturated heterocycles. The Kier molecular flexibility index (Phi) is 7.24. The lowest BCUT2D eigenvalue weighted by molar-refractivity contribution is 1.01. The summed E-state index contributed by atoms with van der Waals surface area (Å²) in [6.45, 7) is 11.5. The van der Waals surface area contributed by atoms with Crippen LogP contribution in [0.1, 0.15) is 20.3 Å². The van der Waals surface area contributed by atoms with E-state index in [9.17, 15) is 0 Å². The number of hydrogen-bond acceptors (Lipinski definition) is 1. The quantitative estimate of drug-likeness (QED) is 0.496. The molecule has 0 amide bonds. The first-order valence-corrected chi connectivity index (χ1v) is 4.73. The van der Waals surface area contributed by atoms with Crippen molar-refractivity contribution >= 4 is 0 Å². The summed E-state index contributed by atoms with van der Waals surface area (Å²) < 4.78 is 0.